The number of guanidine groups is 1. The Balaban J connectivity index is 0.00000841. The summed E-state index contributed by atoms with van der Waals surface area (Å²) < 4.78 is 10.9. The summed E-state index contributed by atoms with van der Waals surface area (Å²) in [5.74, 6) is 1.28. The molecule has 1 rings (SSSR count). The molecule has 0 unspecified atom stereocenters. The number of benzene rings is 1. The molecule has 1 aromatic carbocycles. The van der Waals surface area contributed by atoms with Crippen molar-refractivity contribution in [3.8, 4) is 0 Å². The van der Waals surface area contributed by atoms with Gasteiger partial charge in [-0.3, -0.25) is 4.99 Å². The molecule has 0 radical (unpaired) electrons. The third-order valence-electron chi connectivity index (χ3n) is 3.82. The molecule has 0 fully saturated rings. The fraction of sp³-hybridized carbons (Fsp3) is 0.636. The van der Waals surface area contributed by atoms with Crippen molar-refractivity contribution in [2.24, 2.45) is 10.9 Å². The van der Waals surface area contributed by atoms with Crippen LogP contribution in [0.25, 0.3) is 0 Å². The summed E-state index contributed by atoms with van der Waals surface area (Å²) in [5, 5.41) is 6.53. The lowest BCUT2D eigenvalue weighted by atomic mass is 10.1. The molecule has 0 aliphatic carbocycles. The Kier molecular flexibility index (Phi) is 13.7. The van der Waals surface area contributed by atoms with Crippen LogP contribution in [-0.2, 0) is 22.6 Å². The summed E-state index contributed by atoms with van der Waals surface area (Å²) in [6, 6.07) is 8.14. The Bertz CT molecular complexity index is 643. The minimum Gasteiger partial charge on any atom is -0.444 e. The van der Waals surface area contributed by atoms with E-state index in [-0.39, 0.29) is 30.1 Å². The number of halogens is 1. The maximum Gasteiger partial charge on any atom is 0.410 e. The van der Waals surface area contributed by atoms with Crippen molar-refractivity contribution in [2.75, 3.05) is 33.9 Å². The van der Waals surface area contributed by atoms with E-state index in [0.29, 0.717) is 32.2 Å². The van der Waals surface area contributed by atoms with Crippen molar-refractivity contribution in [1.29, 1.82) is 0 Å². The second kappa shape index (κ2) is 14.5. The summed E-state index contributed by atoms with van der Waals surface area (Å²) in [5.41, 5.74) is 1.69. The molecule has 0 aromatic heterocycles. The first-order valence-corrected chi connectivity index (χ1v) is 10.1. The van der Waals surface area contributed by atoms with Gasteiger partial charge in [-0.1, -0.05) is 38.1 Å². The van der Waals surface area contributed by atoms with Gasteiger partial charge in [0.15, 0.2) is 5.96 Å². The molecule has 0 bridgehead atoms. The average Bonchev–Trinajstić information content (AvgIpc) is 2.63. The number of carbonyl (C=O) groups is 1. The van der Waals surface area contributed by atoms with E-state index in [9.17, 15) is 4.79 Å². The van der Waals surface area contributed by atoms with Crippen LogP contribution in [0.2, 0.25) is 0 Å². The molecule has 0 atom stereocenters. The van der Waals surface area contributed by atoms with E-state index in [1.54, 1.807) is 19.0 Å². The lowest BCUT2D eigenvalue weighted by molar-refractivity contribution is 0.0285. The van der Waals surface area contributed by atoms with Crippen molar-refractivity contribution in [3.63, 3.8) is 0 Å². The topological polar surface area (TPSA) is 75.2 Å². The van der Waals surface area contributed by atoms with Gasteiger partial charge in [0.25, 0.3) is 0 Å². The largest absolute Gasteiger partial charge is 0.444 e. The summed E-state index contributed by atoms with van der Waals surface area (Å²) in [4.78, 5) is 17.9. The van der Waals surface area contributed by atoms with Gasteiger partial charge in [0.05, 0.1) is 6.61 Å². The van der Waals surface area contributed by atoms with E-state index >= 15 is 0 Å². The molecule has 1 aromatic rings. The van der Waals surface area contributed by atoms with Gasteiger partial charge in [0.2, 0.25) is 0 Å². The van der Waals surface area contributed by atoms with Crippen LogP contribution in [0.1, 0.15) is 45.7 Å². The molecule has 0 heterocycles. The average molecular weight is 534 g/mol. The van der Waals surface area contributed by atoms with Gasteiger partial charge in [-0.05, 0) is 37.8 Å². The Morgan fingerprint density at radius 2 is 1.73 bits per heavy atom. The highest BCUT2D eigenvalue weighted by atomic mass is 127. The number of hydrogen-bond acceptors (Lipinski definition) is 4. The third kappa shape index (κ3) is 12.9. The Morgan fingerprint density at radius 1 is 1.13 bits per heavy atom. The molecule has 0 saturated heterocycles. The van der Waals surface area contributed by atoms with Crippen LogP contribution in [0.15, 0.2) is 29.3 Å². The number of carbonyl (C=O) groups excluding carboxylic acids is 1. The van der Waals surface area contributed by atoms with Crippen LogP contribution in [0.3, 0.4) is 0 Å². The standard InChI is InChI=1S/C22H38N4O3.HI/c1-17(2)16-28-13-12-24-20(23-6)25-14-18-8-10-19(11-9-18)15-26(7)21(27)29-22(3,4)5;/h8-11,17H,12-16H2,1-7H3,(H2,23,24,25);1H. The van der Waals surface area contributed by atoms with Crippen LogP contribution in [0.5, 0.6) is 0 Å². The van der Waals surface area contributed by atoms with Crippen LogP contribution in [0.4, 0.5) is 4.79 Å². The Labute approximate surface area is 199 Å². The minimum atomic E-state index is -0.492. The summed E-state index contributed by atoms with van der Waals surface area (Å²) in [6.07, 6.45) is -0.324. The van der Waals surface area contributed by atoms with E-state index in [1.165, 1.54) is 0 Å². The molecule has 0 saturated carbocycles. The Morgan fingerprint density at radius 3 is 2.27 bits per heavy atom. The summed E-state index contributed by atoms with van der Waals surface area (Å²) in [7, 11) is 3.49. The summed E-state index contributed by atoms with van der Waals surface area (Å²) in [6.45, 7) is 13.1. The van der Waals surface area contributed by atoms with Crippen molar-refractivity contribution < 1.29 is 14.3 Å². The van der Waals surface area contributed by atoms with E-state index in [0.717, 1.165) is 23.7 Å². The number of nitrogens with zero attached hydrogens (tertiary/aromatic N) is 2. The van der Waals surface area contributed by atoms with E-state index in [1.807, 2.05) is 45.0 Å². The highest BCUT2D eigenvalue weighted by Gasteiger charge is 2.19. The Hall–Kier alpha value is -1.55. The SMILES string of the molecule is CN=C(NCCOCC(C)C)NCc1ccc(CN(C)C(=O)OC(C)(C)C)cc1.I. The number of ether oxygens (including phenoxy) is 2. The van der Waals surface area contributed by atoms with Crippen LogP contribution in [-0.4, -0.2) is 56.4 Å². The van der Waals surface area contributed by atoms with Gasteiger partial charge in [-0.25, -0.2) is 4.79 Å². The molecule has 0 spiro atoms. The van der Waals surface area contributed by atoms with Gasteiger partial charge in [0.1, 0.15) is 5.60 Å². The molecular formula is C22H39IN4O3. The molecular weight excluding hydrogens is 495 g/mol. The van der Waals surface area contributed by atoms with Crippen molar-refractivity contribution >= 4 is 36.0 Å². The molecule has 30 heavy (non-hydrogen) atoms. The first kappa shape index (κ1) is 28.5. The smallest absolute Gasteiger partial charge is 0.410 e. The predicted octanol–water partition coefficient (Wildman–Crippen LogP) is 4.01. The molecule has 1 amide bonds. The van der Waals surface area contributed by atoms with E-state index in [2.05, 4.69) is 29.5 Å². The summed E-state index contributed by atoms with van der Waals surface area (Å²) >= 11 is 0. The number of rotatable bonds is 9. The lowest BCUT2D eigenvalue weighted by Gasteiger charge is -2.24. The van der Waals surface area contributed by atoms with Gasteiger partial charge >= 0.3 is 6.09 Å². The second-order valence-corrected chi connectivity index (χ2v) is 8.47. The van der Waals surface area contributed by atoms with Crippen LogP contribution in [0, 0.1) is 5.92 Å². The van der Waals surface area contributed by atoms with Crippen molar-refractivity contribution in [1.82, 2.24) is 15.5 Å². The van der Waals surface area contributed by atoms with E-state index in [4.69, 9.17) is 9.47 Å². The molecule has 172 valence electrons. The maximum atomic E-state index is 12.1. The van der Waals surface area contributed by atoms with E-state index < -0.39 is 5.60 Å². The normalized spacial score (nSPS) is 11.7. The van der Waals surface area contributed by atoms with Crippen LogP contribution >= 0.6 is 24.0 Å². The first-order chi connectivity index (χ1) is 13.6. The van der Waals surface area contributed by atoms with Gasteiger partial charge in [-0.15, -0.1) is 24.0 Å². The third-order valence-corrected chi connectivity index (χ3v) is 3.82. The highest BCUT2D eigenvalue weighted by Crippen LogP contribution is 2.12. The molecule has 0 aliphatic rings. The van der Waals surface area contributed by atoms with Crippen molar-refractivity contribution in [2.45, 2.75) is 53.3 Å². The van der Waals surface area contributed by atoms with Gasteiger partial charge in [-0.2, -0.15) is 0 Å². The molecule has 2 N–H and O–H groups in total. The quantitative estimate of drug-likeness (QED) is 0.217. The molecule has 7 nitrogen and oxygen atoms in total. The lowest BCUT2D eigenvalue weighted by Crippen LogP contribution is -2.38. The number of nitrogens with one attached hydrogen (secondary N) is 2. The maximum absolute atomic E-state index is 12.1. The zero-order valence-electron chi connectivity index (χ0n) is 19.4. The van der Waals surface area contributed by atoms with Crippen molar-refractivity contribution in [3.05, 3.63) is 35.4 Å². The molecule has 8 heteroatoms. The zero-order chi connectivity index (χ0) is 21.9. The molecule has 0 aliphatic heterocycles. The fourth-order valence-electron chi connectivity index (χ4n) is 2.41. The number of hydrogen-bond donors (Lipinski definition) is 2. The fourth-order valence-corrected chi connectivity index (χ4v) is 2.41. The monoisotopic (exact) mass is 534 g/mol. The van der Waals surface area contributed by atoms with Crippen LogP contribution < -0.4 is 10.6 Å². The predicted molar refractivity (Wildman–Crippen MR) is 133 cm³/mol. The first-order valence-electron chi connectivity index (χ1n) is 10.1. The highest BCUT2D eigenvalue weighted by molar-refractivity contribution is 14.0. The van der Waals surface area contributed by atoms with Gasteiger partial charge < -0.3 is 25.0 Å². The minimum absolute atomic E-state index is 0. The number of amides is 1. The zero-order valence-corrected chi connectivity index (χ0v) is 21.8. The number of aliphatic imine (C=N–C) groups is 1. The van der Waals surface area contributed by atoms with Gasteiger partial charge in [0, 0.05) is 40.3 Å². The second-order valence-electron chi connectivity index (χ2n) is 8.47.